The molecule has 2 aromatic rings. The molecule has 9 heteroatoms. The van der Waals surface area contributed by atoms with Crippen molar-refractivity contribution in [1.29, 1.82) is 0 Å². The maximum atomic E-state index is 12.6. The fraction of sp³-hybridized carbons (Fsp3) is 0.389. The first-order valence-corrected chi connectivity index (χ1v) is 11.1. The number of rotatable bonds is 5. The molecule has 2 aliphatic heterocycles. The van der Waals surface area contributed by atoms with Gasteiger partial charge in [-0.3, -0.25) is 4.79 Å². The molecule has 7 nitrogen and oxygen atoms in total. The molecule has 0 saturated carbocycles. The summed E-state index contributed by atoms with van der Waals surface area (Å²) in [7, 11) is -3.43. The molecule has 1 fully saturated rings. The number of nitrogens with zero attached hydrogens (tertiary/aromatic N) is 1. The molecule has 0 spiro atoms. The van der Waals surface area contributed by atoms with Gasteiger partial charge in [-0.05, 0) is 37.1 Å². The first-order valence-electron chi connectivity index (χ1n) is 8.81. The van der Waals surface area contributed by atoms with E-state index in [9.17, 15) is 13.2 Å². The van der Waals surface area contributed by atoms with Crippen molar-refractivity contribution in [1.82, 2.24) is 4.31 Å². The van der Waals surface area contributed by atoms with Crippen molar-refractivity contribution in [3.05, 3.63) is 35.2 Å². The fourth-order valence-electron chi connectivity index (χ4n) is 3.13. The largest absolute Gasteiger partial charge is 0.486 e. The van der Waals surface area contributed by atoms with E-state index >= 15 is 0 Å². The third kappa shape index (κ3) is 3.95. The number of anilines is 1. The Morgan fingerprint density at radius 1 is 1.07 bits per heavy atom. The molecule has 0 aliphatic carbocycles. The van der Waals surface area contributed by atoms with Crippen molar-refractivity contribution >= 4 is 33.0 Å². The summed E-state index contributed by atoms with van der Waals surface area (Å²) in [5, 5.41) is 2.82. The number of sulfonamides is 1. The van der Waals surface area contributed by atoms with Crippen LogP contribution in [0.4, 0.5) is 5.69 Å². The Kier molecular flexibility index (Phi) is 5.07. The quantitative estimate of drug-likeness (QED) is 0.822. The monoisotopic (exact) mass is 408 g/mol. The zero-order valence-electron chi connectivity index (χ0n) is 14.6. The fourth-order valence-corrected chi connectivity index (χ4v) is 6.16. The lowest BCUT2D eigenvalue weighted by Crippen LogP contribution is -2.27. The summed E-state index contributed by atoms with van der Waals surface area (Å²) in [6.07, 6.45) is 1.92. The Morgan fingerprint density at radius 2 is 1.81 bits per heavy atom. The zero-order valence-corrected chi connectivity index (χ0v) is 16.3. The van der Waals surface area contributed by atoms with E-state index in [1.165, 1.54) is 4.31 Å². The first kappa shape index (κ1) is 18.3. The van der Waals surface area contributed by atoms with Crippen LogP contribution in [0.1, 0.15) is 17.7 Å². The Hall–Kier alpha value is -2.10. The molecule has 1 amide bonds. The van der Waals surface area contributed by atoms with Gasteiger partial charge in [-0.25, -0.2) is 8.42 Å². The van der Waals surface area contributed by atoms with Crippen LogP contribution in [-0.4, -0.2) is 44.9 Å². The summed E-state index contributed by atoms with van der Waals surface area (Å²) in [4.78, 5) is 13.0. The van der Waals surface area contributed by atoms with E-state index in [0.29, 0.717) is 52.6 Å². The van der Waals surface area contributed by atoms with Crippen molar-refractivity contribution < 1.29 is 22.7 Å². The first-order chi connectivity index (χ1) is 13.0. The van der Waals surface area contributed by atoms with Gasteiger partial charge in [-0.15, -0.1) is 11.3 Å². The van der Waals surface area contributed by atoms with Gasteiger partial charge in [0.05, 0.1) is 6.42 Å². The van der Waals surface area contributed by atoms with Crippen LogP contribution in [0, 0.1) is 0 Å². The number of nitrogens with one attached hydrogen (secondary N) is 1. The topological polar surface area (TPSA) is 84.9 Å². The number of amides is 1. The summed E-state index contributed by atoms with van der Waals surface area (Å²) in [6, 6.07) is 8.53. The van der Waals surface area contributed by atoms with Crippen LogP contribution in [0.3, 0.4) is 0 Å². The average molecular weight is 409 g/mol. The summed E-state index contributed by atoms with van der Waals surface area (Å²) in [6.45, 7) is 2.13. The average Bonchev–Trinajstić information content (AvgIpc) is 3.34. The van der Waals surface area contributed by atoms with E-state index in [1.807, 2.05) is 0 Å². The van der Waals surface area contributed by atoms with E-state index in [2.05, 4.69) is 5.32 Å². The molecule has 1 saturated heterocycles. The Balaban J connectivity index is 1.41. The summed E-state index contributed by atoms with van der Waals surface area (Å²) < 4.78 is 37.9. The molecule has 4 rings (SSSR count). The lowest BCUT2D eigenvalue weighted by atomic mass is 10.2. The SMILES string of the molecule is O=C(Cc1ccc(S(=O)(=O)N2CCCC2)s1)Nc1ccc2c(c1)OCCO2. The lowest BCUT2D eigenvalue weighted by Gasteiger charge is -2.18. The van der Waals surface area contributed by atoms with E-state index < -0.39 is 10.0 Å². The molecule has 0 atom stereocenters. The number of hydrogen-bond donors (Lipinski definition) is 1. The standard InChI is InChI=1S/C18H20N2O5S2/c21-17(19-13-3-5-15-16(11-13)25-10-9-24-15)12-14-4-6-18(26-14)27(22,23)20-7-1-2-8-20/h3-6,11H,1-2,7-10,12H2,(H,19,21). The van der Waals surface area contributed by atoms with Gasteiger partial charge >= 0.3 is 0 Å². The second kappa shape index (κ2) is 7.49. The minimum atomic E-state index is -3.43. The Morgan fingerprint density at radius 3 is 2.59 bits per heavy atom. The minimum absolute atomic E-state index is 0.120. The van der Waals surface area contributed by atoms with Gasteiger partial charge in [0.2, 0.25) is 5.91 Å². The van der Waals surface area contributed by atoms with Gasteiger partial charge < -0.3 is 14.8 Å². The van der Waals surface area contributed by atoms with Crippen LogP contribution in [0.5, 0.6) is 11.5 Å². The molecular formula is C18H20N2O5S2. The van der Waals surface area contributed by atoms with Crippen LogP contribution in [0.15, 0.2) is 34.5 Å². The second-order valence-corrected chi connectivity index (χ2v) is 9.75. The van der Waals surface area contributed by atoms with Gasteiger partial charge in [-0.2, -0.15) is 4.31 Å². The van der Waals surface area contributed by atoms with Gasteiger partial charge in [0, 0.05) is 29.7 Å². The number of carbonyl (C=O) groups is 1. The highest BCUT2D eigenvalue weighted by molar-refractivity contribution is 7.91. The summed E-state index contributed by atoms with van der Waals surface area (Å²) in [5.74, 6) is 1.06. The number of carbonyl (C=O) groups excluding carboxylic acids is 1. The Labute approximate surface area is 161 Å². The highest BCUT2D eigenvalue weighted by atomic mass is 32.2. The van der Waals surface area contributed by atoms with Crippen LogP contribution < -0.4 is 14.8 Å². The molecule has 1 aromatic heterocycles. The molecule has 144 valence electrons. The highest BCUT2D eigenvalue weighted by Gasteiger charge is 2.28. The Bertz CT molecular complexity index is 948. The van der Waals surface area contributed by atoms with Crippen molar-refractivity contribution in [2.75, 3.05) is 31.6 Å². The predicted molar refractivity (Wildman–Crippen MR) is 102 cm³/mol. The minimum Gasteiger partial charge on any atom is -0.486 e. The molecule has 2 aliphatic rings. The molecule has 1 N–H and O–H groups in total. The van der Waals surface area contributed by atoms with Crippen LogP contribution in [-0.2, 0) is 21.2 Å². The number of benzene rings is 1. The van der Waals surface area contributed by atoms with Crippen LogP contribution >= 0.6 is 11.3 Å². The molecule has 0 unspecified atom stereocenters. The maximum Gasteiger partial charge on any atom is 0.252 e. The molecule has 3 heterocycles. The van der Waals surface area contributed by atoms with Crippen LogP contribution in [0.2, 0.25) is 0 Å². The van der Waals surface area contributed by atoms with Gasteiger partial charge in [0.1, 0.15) is 17.4 Å². The molecule has 0 radical (unpaired) electrons. The number of thiophene rings is 1. The van der Waals surface area contributed by atoms with Gasteiger partial charge in [-0.1, -0.05) is 0 Å². The smallest absolute Gasteiger partial charge is 0.252 e. The summed E-state index contributed by atoms with van der Waals surface area (Å²) >= 11 is 1.15. The van der Waals surface area contributed by atoms with Gasteiger partial charge in [0.25, 0.3) is 10.0 Å². The molecule has 1 aromatic carbocycles. The third-order valence-electron chi connectivity index (χ3n) is 4.46. The van der Waals surface area contributed by atoms with Crippen molar-refractivity contribution in [3.63, 3.8) is 0 Å². The highest BCUT2D eigenvalue weighted by Crippen LogP contribution is 2.33. The second-order valence-electron chi connectivity index (χ2n) is 6.42. The number of ether oxygens (including phenoxy) is 2. The van der Waals surface area contributed by atoms with E-state index in [0.717, 1.165) is 24.2 Å². The summed E-state index contributed by atoms with van der Waals surface area (Å²) in [5.41, 5.74) is 0.616. The maximum absolute atomic E-state index is 12.6. The van der Waals surface area contributed by atoms with E-state index in [1.54, 1.807) is 30.3 Å². The van der Waals surface area contributed by atoms with Crippen molar-refractivity contribution in [2.24, 2.45) is 0 Å². The van der Waals surface area contributed by atoms with Crippen molar-refractivity contribution in [3.8, 4) is 11.5 Å². The molecule has 0 bridgehead atoms. The zero-order chi connectivity index (χ0) is 18.9. The molecule has 27 heavy (non-hydrogen) atoms. The third-order valence-corrected chi connectivity index (χ3v) is 7.91. The molecular weight excluding hydrogens is 388 g/mol. The van der Waals surface area contributed by atoms with Crippen LogP contribution in [0.25, 0.3) is 0 Å². The normalized spacial score (nSPS) is 17.0. The van der Waals surface area contributed by atoms with Gasteiger partial charge in [0.15, 0.2) is 11.5 Å². The van der Waals surface area contributed by atoms with E-state index in [-0.39, 0.29) is 12.3 Å². The number of fused-ring (bicyclic) bond motifs is 1. The van der Waals surface area contributed by atoms with E-state index in [4.69, 9.17) is 9.47 Å². The predicted octanol–water partition coefficient (Wildman–Crippen LogP) is 2.49. The van der Waals surface area contributed by atoms with Crippen molar-refractivity contribution in [2.45, 2.75) is 23.5 Å². The number of hydrogen-bond acceptors (Lipinski definition) is 6. The lowest BCUT2D eigenvalue weighted by molar-refractivity contribution is -0.115.